The van der Waals surface area contributed by atoms with E-state index in [2.05, 4.69) is 20.9 Å². The van der Waals surface area contributed by atoms with E-state index in [-0.39, 0.29) is 5.56 Å². The molecule has 0 fully saturated rings. The summed E-state index contributed by atoms with van der Waals surface area (Å²) >= 11 is 2.99. The van der Waals surface area contributed by atoms with Crippen LogP contribution < -0.4 is 5.73 Å². The highest BCUT2D eigenvalue weighted by Crippen LogP contribution is 2.18. The molecule has 0 saturated carbocycles. The van der Waals surface area contributed by atoms with Crippen LogP contribution in [0.5, 0.6) is 0 Å². The van der Waals surface area contributed by atoms with Crippen molar-refractivity contribution in [3.63, 3.8) is 0 Å². The van der Waals surface area contributed by atoms with Crippen molar-refractivity contribution in [3.05, 3.63) is 28.2 Å². The number of aliphatic hydroxyl groups is 1. The van der Waals surface area contributed by atoms with Gasteiger partial charge < -0.3 is 5.11 Å². The molecule has 1 rings (SSSR count). The van der Waals surface area contributed by atoms with Crippen molar-refractivity contribution in [2.75, 3.05) is 0 Å². The van der Waals surface area contributed by atoms with Gasteiger partial charge in [-0.15, -0.1) is 0 Å². The lowest BCUT2D eigenvalue weighted by Gasteiger charge is -2.17. The van der Waals surface area contributed by atoms with Crippen molar-refractivity contribution in [1.82, 2.24) is 4.98 Å². The van der Waals surface area contributed by atoms with E-state index in [1.807, 2.05) is 0 Å². The molecule has 0 amide bonds. The third kappa shape index (κ3) is 2.00. The molecule has 0 aliphatic rings. The first-order valence-electron chi connectivity index (χ1n) is 3.25. The number of rotatable bonds is 1. The molecule has 1 aromatic heterocycles. The average Bonchev–Trinajstić information content (AvgIpc) is 1.83. The number of hydrogen-bond acceptors (Lipinski definition) is 3. The van der Waals surface area contributed by atoms with E-state index in [0.29, 0.717) is 4.60 Å². The Morgan fingerprint density at radius 2 is 2.25 bits per heavy atom. The highest BCUT2D eigenvalue weighted by Gasteiger charge is 2.21. The first-order valence-corrected chi connectivity index (χ1v) is 4.04. The van der Waals surface area contributed by atoms with E-state index in [4.69, 9.17) is 5.73 Å². The minimum atomic E-state index is -1.68. The Hall–Kier alpha value is -0.520. The summed E-state index contributed by atoms with van der Waals surface area (Å²) in [4.78, 5) is 3.45. The average molecular weight is 235 g/mol. The fraction of sp³-hybridized carbons (Fsp3) is 0.286. The molecule has 66 valence electrons. The SMILES string of the molecule is CC(N)(O)c1ccc(Br)nc1F. The molecule has 3 nitrogen and oxygen atoms in total. The predicted octanol–water partition coefficient (Wildman–Crippen LogP) is 1.11. The van der Waals surface area contributed by atoms with Crippen LogP contribution >= 0.6 is 15.9 Å². The van der Waals surface area contributed by atoms with E-state index in [1.165, 1.54) is 19.1 Å². The maximum absolute atomic E-state index is 13.0. The molecular formula is C7H8BrFN2O. The summed E-state index contributed by atoms with van der Waals surface area (Å²) in [6.07, 6.45) is 0. The number of pyridine rings is 1. The van der Waals surface area contributed by atoms with Crippen LogP contribution in [-0.2, 0) is 5.72 Å². The summed E-state index contributed by atoms with van der Waals surface area (Å²) < 4.78 is 13.3. The standard InChI is InChI=1S/C7H8BrFN2O/c1-7(10,12)4-2-3-5(8)11-6(4)9/h2-3,12H,10H2,1H3. The molecule has 3 N–H and O–H groups in total. The second-order valence-electron chi connectivity index (χ2n) is 2.62. The van der Waals surface area contributed by atoms with Crippen molar-refractivity contribution in [2.24, 2.45) is 5.73 Å². The fourth-order valence-electron chi connectivity index (χ4n) is 0.790. The highest BCUT2D eigenvalue weighted by atomic mass is 79.9. The molecule has 0 aliphatic carbocycles. The third-order valence-corrected chi connectivity index (χ3v) is 1.80. The van der Waals surface area contributed by atoms with Crippen LogP contribution in [0.25, 0.3) is 0 Å². The number of aromatic nitrogens is 1. The van der Waals surface area contributed by atoms with Gasteiger partial charge in [-0.2, -0.15) is 4.39 Å². The van der Waals surface area contributed by atoms with E-state index in [9.17, 15) is 9.50 Å². The molecule has 0 bridgehead atoms. The number of hydrogen-bond donors (Lipinski definition) is 2. The lowest BCUT2D eigenvalue weighted by molar-refractivity contribution is 0.0599. The monoisotopic (exact) mass is 234 g/mol. The summed E-state index contributed by atoms with van der Waals surface area (Å²) in [6.45, 7) is 1.29. The smallest absolute Gasteiger partial charge is 0.221 e. The molecule has 0 saturated heterocycles. The van der Waals surface area contributed by atoms with Gasteiger partial charge >= 0.3 is 0 Å². The number of nitrogens with two attached hydrogens (primary N) is 1. The van der Waals surface area contributed by atoms with Gasteiger partial charge in [0, 0.05) is 0 Å². The van der Waals surface area contributed by atoms with Gasteiger partial charge in [0.2, 0.25) is 5.95 Å². The van der Waals surface area contributed by atoms with Crippen LogP contribution in [0.2, 0.25) is 0 Å². The summed E-state index contributed by atoms with van der Waals surface area (Å²) in [5, 5.41) is 9.24. The Labute approximate surface area is 77.5 Å². The molecule has 0 aromatic carbocycles. The highest BCUT2D eigenvalue weighted by molar-refractivity contribution is 9.10. The van der Waals surface area contributed by atoms with Gasteiger partial charge in [-0.3, -0.25) is 5.73 Å². The molecular weight excluding hydrogens is 227 g/mol. The Morgan fingerprint density at radius 3 is 2.67 bits per heavy atom. The van der Waals surface area contributed by atoms with E-state index in [1.54, 1.807) is 0 Å². The first-order chi connectivity index (χ1) is 5.41. The molecule has 5 heteroatoms. The van der Waals surface area contributed by atoms with E-state index >= 15 is 0 Å². The Balaban J connectivity index is 3.19. The summed E-state index contributed by atoms with van der Waals surface area (Å²) in [5.41, 5.74) is 3.56. The van der Waals surface area contributed by atoms with Gasteiger partial charge in [-0.05, 0) is 35.0 Å². The van der Waals surface area contributed by atoms with Crippen molar-refractivity contribution < 1.29 is 9.50 Å². The van der Waals surface area contributed by atoms with Gasteiger partial charge in [0.15, 0.2) is 0 Å². The molecule has 1 aromatic rings. The normalized spacial score (nSPS) is 15.8. The summed E-state index contributed by atoms with van der Waals surface area (Å²) in [5.74, 6) is -0.767. The minimum absolute atomic E-state index is 0.0225. The Bertz CT molecular complexity index is 298. The predicted molar refractivity (Wildman–Crippen MR) is 45.7 cm³/mol. The third-order valence-electron chi connectivity index (χ3n) is 1.36. The van der Waals surface area contributed by atoms with Crippen molar-refractivity contribution in [1.29, 1.82) is 0 Å². The van der Waals surface area contributed by atoms with Gasteiger partial charge in [0.05, 0.1) is 5.56 Å². The Morgan fingerprint density at radius 1 is 1.67 bits per heavy atom. The largest absolute Gasteiger partial charge is 0.372 e. The molecule has 0 radical (unpaired) electrons. The lowest BCUT2D eigenvalue weighted by atomic mass is 10.1. The maximum Gasteiger partial charge on any atom is 0.221 e. The second kappa shape index (κ2) is 3.08. The lowest BCUT2D eigenvalue weighted by Crippen LogP contribution is -2.33. The molecule has 0 spiro atoms. The quantitative estimate of drug-likeness (QED) is 0.566. The van der Waals surface area contributed by atoms with Crippen molar-refractivity contribution in [2.45, 2.75) is 12.6 Å². The van der Waals surface area contributed by atoms with Gasteiger partial charge in [-0.1, -0.05) is 0 Å². The second-order valence-corrected chi connectivity index (χ2v) is 3.43. The molecule has 12 heavy (non-hydrogen) atoms. The van der Waals surface area contributed by atoms with Crippen LogP contribution in [-0.4, -0.2) is 10.1 Å². The molecule has 1 unspecified atom stereocenters. The van der Waals surface area contributed by atoms with Crippen molar-refractivity contribution in [3.8, 4) is 0 Å². The van der Waals surface area contributed by atoms with Crippen molar-refractivity contribution >= 4 is 15.9 Å². The molecule has 1 heterocycles. The summed E-state index contributed by atoms with van der Waals surface area (Å²) in [6, 6.07) is 2.90. The van der Waals surface area contributed by atoms with Gasteiger partial charge in [0.25, 0.3) is 0 Å². The zero-order valence-corrected chi connectivity index (χ0v) is 7.97. The van der Waals surface area contributed by atoms with Crippen LogP contribution in [0, 0.1) is 5.95 Å². The molecule has 0 aliphatic heterocycles. The topological polar surface area (TPSA) is 59.1 Å². The maximum atomic E-state index is 13.0. The Kier molecular flexibility index (Phi) is 2.46. The van der Waals surface area contributed by atoms with E-state index < -0.39 is 11.7 Å². The van der Waals surface area contributed by atoms with Gasteiger partial charge in [0.1, 0.15) is 10.3 Å². The molecule has 1 atom stereocenters. The minimum Gasteiger partial charge on any atom is -0.372 e. The van der Waals surface area contributed by atoms with Crippen LogP contribution in [0.15, 0.2) is 16.7 Å². The first kappa shape index (κ1) is 9.57. The fourth-order valence-corrected chi connectivity index (χ4v) is 1.08. The zero-order chi connectivity index (χ0) is 9.35. The zero-order valence-electron chi connectivity index (χ0n) is 6.38. The summed E-state index contributed by atoms with van der Waals surface area (Å²) in [7, 11) is 0. The van der Waals surface area contributed by atoms with Crippen LogP contribution in [0.1, 0.15) is 12.5 Å². The van der Waals surface area contributed by atoms with E-state index in [0.717, 1.165) is 0 Å². The van der Waals surface area contributed by atoms with Crippen LogP contribution in [0.3, 0.4) is 0 Å². The number of halogens is 2. The number of nitrogens with zero attached hydrogens (tertiary/aromatic N) is 1. The van der Waals surface area contributed by atoms with Gasteiger partial charge in [-0.25, -0.2) is 4.98 Å². The van der Waals surface area contributed by atoms with Crippen LogP contribution in [0.4, 0.5) is 4.39 Å².